The molecule has 1 aliphatic heterocycles. The van der Waals surface area contributed by atoms with Crippen LogP contribution < -0.4 is 5.32 Å². The van der Waals surface area contributed by atoms with Crippen LogP contribution in [0, 0.1) is 18.6 Å². The van der Waals surface area contributed by atoms with Crippen molar-refractivity contribution in [3.05, 3.63) is 34.9 Å². The van der Waals surface area contributed by atoms with Gasteiger partial charge in [-0.05, 0) is 24.6 Å². The number of hydrogen-bond acceptors (Lipinski definition) is 3. The molecule has 110 valence electrons. The first-order valence-corrected chi connectivity index (χ1v) is 6.45. The van der Waals surface area contributed by atoms with E-state index in [0.717, 1.165) is 12.1 Å². The fourth-order valence-electron chi connectivity index (χ4n) is 2.09. The molecular formula is C14H17F2NO3. The highest BCUT2D eigenvalue weighted by atomic mass is 19.1. The lowest BCUT2D eigenvalue weighted by Crippen LogP contribution is -2.46. The maximum atomic E-state index is 13.6. The number of rotatable bonds is 3. The van der Waals surface area contributed by atoms with Gasteiger partial charge in [-0.15, -0.1) is 0 Å². The molecule has 1 aromatic carbocycles. The molecule has 1 saturated heterocycles. The highest BCUT2D eigenvalue weighted by Crippen LogP contribution is 2.20. The number of carbonyl (C=O) groups excluding carboxylic acids is 1. The largest absolute Gasteiger partial charge is 0.388 e. The van der Waals surface area contributed by atoms with E-state index in [1.165, 1.54) is 6.92 Å². The second kappa shape index (κ2) is 5.85. The number of aliphatic hydroxyl groups is 1. The lowest BCUT2D eigenvalue weighted by molar-refractivity contribution is -0.0605. The second-order valence-electron chi connectivity index (χ2n) is 5.10. The molecule has 2 N–H and O–H groups in total. The van der Waals surface area contributed by atoms with E-state index in [-0.39, 0.29) is 17.7 Å². The third kappa shape index (κ3) is 3.32. The second-order valence-corrected chi connectivity index (χ2v) is 5.10. The topological polar surface area (TPSA) is 58.6 Å². The molecule has 0 aliphatic carbocycles. The number of aryl methyl sites for hydroxylation is 1. The van der Waals surface area contributed by atoms with Crippen LogP contribution in [0.15, 0.2) is 12.1 Å². The van der Waals surface area contributed by atoms with Crippen LogP contribution in [-0.4, -0.2) is 36.4 Å². The van der Waals surface area contributed by atoms with Gasteiger partial charge in [-0.3, -0.25) is 4.79 Å². The van der Waals surface area contributed by atoms with Crippen LogP contribution in [0.2, 0.25) is 0 Å². The average Bonchev–Trinajstić information content (AvgIpc) is 2.41. The van der Waals surface area contributed by atoms with Gasteiger partial charge in [0, 0.05) is 32.6 Å². The first kappa shape index (κ1) is 14.9. The SMILES string of the molecule is Cc1cc(F)c(C(=O)NCC2(O)CCOCC2)cc1F. The molecule has 0 unspecified atom stereocenters. The Morgan fingerprint density at radius 1 is 1.35 bits per heavy atom. The lowest BCUT2D eigenvalue weighted by Gasteiger charge is -2.32. The molecule has 0 aromatic heterocycles. The summed E-state index contributed by atoms with van der Waals surface area (Å²) >= 11 is 0. The van der Waals surface area contributed by atoms with E-state index < -0.39 is 23.1 Å². The monoisotopic (exact) mass is 285 g/mol. The van der Waals surface area contributed by atoms with E-state index in [9.17, 15) is 18.7 Å². The summed E-state index contributed by atoms with van der Waals surface area (Å²) in [4.78, 5) is 11.9. The third-order valence-corrected chi connectivity index (χ3v) is 3.49. The summed E-state index contributed by atoms with van der Waals surface area (Å²) in [5, 5.41) is 12.6. The predicted octanol–water partition coefficient (Wildman–Crippen LogP) is 1.54. The first-order valence-electron chi connectivity index (χ1n) is 6.45. The molecule has 20 heavy (non-hydrogen) atoms. The van der Waals surface area contributed by atoms with Crippen LogP contribution in [-0.2, 0) is 4.74 Å². The van der Waals surface area contributed by atoms with Crippen LogP contribution in [0.25, 0.3) is 0 Å². The molecule has 0 saturated carbocycles. The molecular weight excluding hydrogens is 268 g/mol. The summed E-state index contributed by atoms with van der Waals surface area (Å²) in [7, 11) is 0. The predicted molar refractivity (Wildman–Crippen MR) is 68.4 cm³/mol. The Balaban J connectivity index is 2.03. The van der Waals surface area contributed by atoms with Gasteiger partial charge in [0.2, 0.25) is 0 Å². The molecule has 1 fully saturated rings. The van der Waals surface area contributed by atoms with Gasteiger partial charge in [0.05, 0.1) is 11.2 Å². The minimum atomic E-state index is -1.05. The standard InChI is InChI=1S/C14H17F2NO3/c1-9-6-12(16)10(7-11(9)15)13(18)17-8-14(19)2-4-20-5-3-14/h6-7,19H,2-5,8H2,1H3,(H,17,18). The molecule has 4 nitrogen and oxygen atoms in total. The summed E-state index contributed by atoms with van der Waals surface area (Å²) in [6.07, 6.45) is 0.802. The van der Waals surface area contributed by atoms with Crippen molar-refractivity contribution in [3.63, 3.8) is 0 Å². The Hall–Kier alpha value is -1.53. The van der Waals surface area contributed by atoms with Gasteiger partial charge in [0.1, 0.15) is 11.6 Å². The van der Waals surface area contributed by atoms with Crippen LogP contribution in [0.1, 0.15) is 28.8 Å². The average molecular weight is 285 g/mol. The number of benzene rings is 1. The van der Waals surface area contributed by atoms with Crippen LogP contribution in [0.3, 0.4) is 0 Å². The van der Waals surface area contributed by atoms with Crippen LogP contribution in [0.5, 0.6) is 0 Å². The van der Waals surface area contributed by atoms with Gasteiger partial charge in [0.15, 0.2) is 0 Å². The normalized spacial score (nSPS) is 17.8. The van der Waals surface area contributed by atoms with E-state index >= 15 is 0 Å². The number of ether oxygens (including phenoxy) is 1. The summed E-state index contributed by atoms with van der Waals surface area (Å²) in [6.45, 7) is 2.24. The molecule has 0 radical (unpaired) electrons. The number of nitrogens with one attached hydrogen (secondary N) is 1. The Morgan fingerprint density at radius 2 is 2.00 bits per heavy atom. The fourth-order valence-corrected chi connectivity index (χ4v) is 2.09. The zero-order valence-electron chi connectivity index (χ0n) is 11.2. The van der Waals surface area contributed by atoms with E-state index in [0.29, 0.717) is 26.1 Å². The zero-order valence-corrected chi connectivity index (χ0v) is 11.2. The fraction of sp³-hybridized carbons (Fsp3) is 0.500. The van der Waals surface area contributed by atoms with Crippen molar-refractivity contribution in [2.24, 2.45) is 0 Å². The van der Waals surface area contributed by atoms with Crippen molar-refractivity contribution in [3.8, 4) is 0 Å². The lowest BCUT2D eigenvalue weighted by atomic mass is 9.94. The summed E-state index contributed by atoms with van der Waals surface area (Å²) in [5.74, 6) is -2.15. The summed E-state index contributed by atoms with van der Waals surface area (Å²) in [5.41, 5.74) is -1.26. The van der Waals surface area contributed by atoms with Gasteiger partial charge >= 0.3 is 0 Å². The Morgan fingerprint density at radius 3 is 2.65 bits per heavy atom. The molecule has 2 rings (SSSR count). The molecule has 0 bridgehead atoms. The number of hydrogen-bond donors (Lipinski definition) is 2. The van der Waals surface area contributed by atoms with Gasteiger partial charge in [0.25, 0.3) is 5.91 Å². The Bertz CT molecular complexity index is 513. The molecule has 0 atom stereocenters. The third-order valence-electron chi connectivity index (χ3n) is 3.49. The minimum Gasteiger partial charge on any atom is -0.388 e. The van der Waals surface area contributed by atoms with Crippen molar-refractivity contribution in [2.45, 2.75) is 25.4 Å². The molecule has 6 heteroatoms. The van der Waals surface area contributed by atoms with Gasteiger partial charge < -0.3 is 15.2 Å². The maximum absolute atomic E-state index is 13.6. The highest BCUT2D eigenvalue weighted by molar-refractivity contribution is 5.94. The van der Waals surface area contributed by atoms with Gasteiger partial charge in [-0.1, -0.05) is 0 Å². The van der Waals surface area contributed by atoms with Crippen LogP contribution >= 0.6 is 0 Å². The Labute approximate surface area is 115 Å². The molecule has 1 aromatic rings. The van der Waals surface area contributed by atoms with E-state index in [1.54, 1.807) is 0 Å². The molecule has 1 amide bonds. The molecule has 1 aliphatic rings. The van der Waals surface area contributed by atoms with Crippen molar-refractivity contribution in [1.82, 2.24) is 5.32 Å². The van der Waals surface area contributed by atoms with Gasteiger partial charge in [-0.25, -0.2) is 8.78 Å². The smallest absolute Gasteiger partial charge is 0.254 e. The van der Waals surface area contributed by atoms with Crippen molar-refractivity contribution >= 4 is 5.91 Å². The number of carbonyl (C=O) groups is 1. The van der Waals surface area contributed by atoms with Crippen molar-refractivity contribution < 1.29 is 23.4 Å². The zero-order chi connectivity index (χ0) is 14.8. The number of amides is 1. The number of halogens is 2. The van der Waals surface area contributed by atoms with Gasteiger partial charge in [-0.2, -0.15) is 0 Å². The summed E-state index contributed by atoms with van der Waals surface area (Å²) < 4.78 is 32.1. The van der Waals surface area contributed by atoms with Crippen molar-refractivity contribution in [1.29, 1.82) is 0 Å². The maximum Gasteiger partial charge on any atom is 0.254 e. The highest BCUT2D eigenvalue weighted by Gasteiger charge is 2.30. The van der Waals surface area contributed by atoms with E-state index in [2.05, 4.69) is 5.32 Å². The Kier molecular flexibility index (Phi) is 4.35. The quantitative estimate of drug-likeness (QED) is 0.886. The van der Waals surface area contributed by atoms with Crippen molar-refractivity contribution in [2.75, 3.05) is 19.8 Å². The van der Waals surface area contributed by atoms with E-state index in [4.69, 9.17) is 4.74 Å². The summed E-state index contributed by atoms with van der Waals surface area (Å²) in [6, 6.07) is 1.85. The first-order chi connectivity index (χ1) is 9.41. The minimum absolute atomic E-state index is 0.00979. The van der Waals surface area contributed by atoms with E-state index in [1.807, 2.05) is 0 Å². The molecule has 1 heterocycles. The molecule has 0 spiro atoms. The van der Waals surface area contributed by atoms with Crippen LogP contribution in [0.4, 0.5) is 8.78 Å².